The fraction of sp³-hybridized carbons (Fsp3) is 0.286. The van der Waals surface area contributed by atoms with E-state index < -0.39 is 5.97 Å². The molecule has 0 bridgehead atoms. The van der Waals surface area contributed by atoms with Crippen LogP contribution in [0.4, 0.5) is 0 Å². The Bertz CT molecular complexity index is 955. The molecule has 0 radical (unpaired) electrons. The predicted octanol–water partition coefficient (Wildman–Crippen LogP) is 5.18. The summed E-state index contributed by atoms with van der Waals surface area (Å²) in [6, 6.07) is 10.3. The van der Waals surface area contributed by atoms with Crippen LogP contribution in [0.3, 0.4) is 0 Å². The van der Waals surface area contributed by atoms with Crippen LogP contribution in [0.5, 0.6) is 0 Å². The molecule has 4 rings (SSSR count). The highest BCUT2D eigenvalue weighted by molar-refractivity contribution is 8.26. The highest BCUT2D eigenvalue weighted by Crippen LogP contribution is 2.37. The average molecular weight is 414 g/mol. The number of carboxylic acid groups (broad SMARTS) is 1. The van der Waals surface area contributed by atoms with Crippen molar-refractivity contribution < 1.29 is 19.1 Å². The van der Waals surface area contributed by atoms with Crippen LogP contribution in [-0.2, 0) is 4.79 Å². The van der Waals surface area contributed by atoms with Crippen LogP contribution in [0, 0.1) is 0 Å². The minimum absolute atomic E-state index is 0.0364. The van der Waals surface area contributed by atoms with Gasteiger partial charge in [-0.15, -0.1) is 0 Å². The molecule has 1 aromatic carbocycles. The van der Waals surface area contributed by atoms with Gasteiger partial charge in [0.15, 0.2) is 0 Å². The molecule has 0 unspecified atom stereocenters. The van der Waals surface area contributed by atoms with E-state index in [4.69, 9.17) is 21.7 Å². The highest BCUT2D eigenvalue weighted by Gasteiger charge is 2.37. The molecule has 2 aromatic rings. The van der Waals surface area contributed by atoms with Crippen molar-refractivity contribution in [3.05, 3.63) is 52.6 Å². The van der Waals surface area contributed by atoms with Gasteiger partial charge in [0.05, 0.1) is 10.5 Å². The lowest BCUT2D eigenvalue weighted by molar-refractivity contribution is -0.124. The molecule has 1 saturated carbocycles. The number of furan rings is 1. The van der Waals surface area contributed by atoms with Crippen LogP contribution in [0.2, 0.25) is 0 Å². The zero-order valence-corrected chi connectivity index (χ0v) is 16.7. The monoisotopic (exact) mass is 413 g/mol. The molecule has 1 aliphatic carbocycles. The number of benzene rings is 1. The van der Waals surface area contributed by atoms with Crippen molar-refractivity contribution in [1.29, 1.82) is 0 Å². The summed E-state index contributed by atoms with van der Waals surface area (Å²) in [5.74, 6) is 0.185. The van der Waals surface area contributed by atoms with E-state index in [1.54, 1.807) is 29.2 Å². The third-order valence-electron chi connectivity index (χ3n) is 5.08. The third kappa shape index (κ3) is 3.77. The van der Waals surface area contributed by atoms with Crippen LogP contribution in [-0.4, -0.2) is 32.2 Å². The Hall–Kier alpha value is -2.38. The normalized spacial score (nSPS) is 19.6. The number of aromatic carboxylic acids is 1. The van der Waals surface area contributed by atoms with Gasteiger partial charge in [0.2, 0.25) is 0 Å². The first kappa shape index (κ1) is 19.0. The lowest BCUT2D eigenvalue weighted by atomic mass is 9.94. The fourth-order valence-corrected chi connectivity index (χ4v) is 5.01. The first-order valence-corrected chi connectivity index (χ1v) is 10.5. The Morgan fingerprint density at radius 2 is 1.86 bits per heavy atom. The quantitative estimate of drug-likeness (QED) is 0.550. The number of carbonyl (C=O) groups is 2. The van der Waals surface area contributed by atoms with Gasteiger partial charge in [-0.05, 0) is 37.1 Å². The lowest BCUT2D eigenvalue weighted by Gasteiger charge is -2.29. The summed E-state index contributed by atoms with van der Waals surface area (Å²) < 4.78 is 6.47. The smallest absolute Gasteiger partial charge is 0.335 e. The Kier molecular flexibility index (Phi) is 5.37. The number of hydrogen-bond donors (Lipinski definition) is 1. The van der Waals surface area contributed by atoms with E-state index in [-0.39, 0.29) is 17.5 Å². The molecule has 2 fully saturated rings. The van der Waals surface area contributed by atoms with Crippen LogP contribution < -0.4 is 0 Å². The van der Waals surface area contributed by atoms with Crippen molar-refractivity contribution in [3.63, 3.8) is 0 Å². The Balaban J connectivity index is 1.52. The van der Waals surface area contributed by atoms with E-state index >= 15 is 0 Å². The molecular formula is C21H19NO4S2. The molecule has 144 valence electrons. The fourth-order valence-electron chi connectivity index (χ4n) is 3.63. The van der Waals surface area contributed by atoms with E-state index in [9.17, 15) is 9.59 Å². The molecule has 1 saturated heterocycles. The summed E-state index contributed by atoms with van der Waals surface area (Å²) in [4.78, 5) is 26.2. The SMILES string of the molecule is O=C(O)c1ccc(-c2ccc(/C=C3\SC(=S)N(C4CCCCC4)C3=O)o2)cc1. The standard InChI is InChI=1S/C21H19NO4S2/c23-19-18(28-21(27)22(19)15-4-2-1-3-5-15)12-16-10-11-17(26-16)13-6-8-14(9-7-13)20(24)25/h6-12,15H,1-5H2,(H,24,25)/b18-12-. The number of amides is 1. The number of carbonyl (C=O) groups excluding carboxylic acids is 1. The van der Waals surface area contributed by atoms with Gasteiger partial charge in [-0.3, -0.25) is 9.69 Å². The van der Waals surface area contributed by atoms with E-state index in [2.05, 4.69) is 0 Å². The maximum absolute atomic E-state index is 12.8. The van der Waals surface area contributed by atoms with Crippen molar-refractivity contribution in [2.45, 2.75) is 38.1 Å². The average Bonchev–Trinajstić information content (AvgIpc) is 3.27. The second kappa shape index (κ2) is 7.93. The Morgan fingerprint density at radius 3 is 2.54 bits per heavy atom. The number of thiocarbonyl (C=S) groups is 1. The predicted molar refractivity (Wildman–Crippen MR) is 113 cm³/mol. The second-order valence-corrected chi connectivity index (χ2v) is 8.60. The first-order valence-electron chi connectivity index (χ1n) is 9.23. The molecule has 7 heteroatoms. The number of rotatable bonds is 4. The minimum atomic E-state index is -0.966. The van der Waals surface area contributed by atoms with Gasteiger partial charge >= 0.3 is 5.97 Å². The topological polar surface area (TPSA) is 70.8 Å². The van der Waals surface area contributed by atoms with Crippen LogP contribution in [0.25, 0.3) is 17.4 Å². The van der Waals surface area contributed by atoms with Crippen molar-refractivity contribution in [1.82, 2.24) is 4.90 Å². The zero-order valence-electron chi connectivity index (χ0n) is 15.1. The molecule has 0 atom stereocenters. The second-order valence-electron chi connectivity index (χ2n) is 6.93. The van der Waals surface area contributed by atoms with Gasteiger partial charge in [0.1, 0.15) is 15.8 Å². The van der Waals surface area contributed by atoms with Gasteiger partial charge in [-0.25, -0.2) is 4.79 Å². The number of hydrogen-bond acceptors (Lipinski definition) is 5. The molecule has 5 nitrogen and oxygen atoms in total. The van der Waals surface area contributed by atoms with Crippen molar-refractivity contribution in [2.24, 2.45) is 0 Å². The molecular weight excluding hydrogens is 394 g/mol. The molecule has 1 N–H and O–H groups in total. The minimum Gasteiger partial charge on any atom is -0.478 e. The number of nitrogens with zero attached hydrogens (tertiary/aromatic N) is 1. The summed E-state index contributed by atoms with van der Waals surface area (Å²) in [6.07, 6.45) is 7.26. The summed E-state index contributed by atoms with van der Waals surface area (Å²) in [5.41, 5.74) is 1.00. The van der Waals surface area contributed by atoms with Gasteiger partial charge in [-0.2, -0.15) is 0 Å². The van der Waals surface area contributed by atoms with Gasteiger partial charge in [-0.1, -0.05) is 55.4 Å². The Morgan fingerprint density at radius 1 is 1.14 bits per heavy atom. The zero-order chi connectivity index (χ0) is 19.7. The molecule has 1 aromatic heterocycles. The van der Waals surface area contributed by atoms with Crippen molar-refractivity contribution >= 4 is 46.3 Å². The maximum Gasteiger partial charge on any atom is 0.335 e. The summed E-state index contributed by atoms with van der Waals surface area (Å²) in [7, 11) is 0. The van der Waals surface area contributed by atoms with E-state index in [1.165, 1.54) is 30.3 Å². The lowest BCUT2D eigenvalue weighted by Crippen LogP contribution is -2.39. The van der Waals surface area contributed by atoms with E-state index in [0.29, 0.717) is 20.7 Å². The largest absolute Gasteiger partial charge is 0.478 e. The van der Waals surface area contributed by atoms with Gasteiger partial charge in [0.25, 0.3) is 5.91 Å². The Labute approximate surface area is 172 Å². The molecule has 2 aliphatic rings. The summed E-state index contributed by atoms with van der Waals surface area (Å²) in [6.45, 7) is 0. The molecule has 1 aliphatic heterocycles. The summed E-state index contributed by atoms with van der Waals surface area (Å²) in [5, 5.41) is 8.99. The van der Waals surface area contributed by atoms with E-state index in [1.807, 2.05) is 6.07 Å². The van der Waals surface area contributed by atoms with Gasteiger partial charge in [0, 0.05) is 17.7 Å². The third-order valence-corrected chi connectivity index (χ3v) is 6.41. The van der Waals surface area contributed by atoms with Crippen molar-refractivity contribution in [2.75, 3.05) is 0 Å². The van der Waals surface area contributed by atoms with Crippen LogP contribution in [0.15, 0.2) is 45.7 Å². The van der Waals surface area contributed by atoms with Crippen LogP contribution in [0.1, 0.15) is 48.2 Å². The molecule has 28 heavy (non-hydrogen) atoms. The molecule has 0 spiro atoms. The first-order chi connectivity index (χ1) is 13.5. The number of thioether (sulfide) groups is 1. The molecule has 1 amide bonds. The van der Waals surface area contributed by atoms with Crippen LogP contribution >= 0.6 is 24.0 Å². The van der Waals surface area contributed by atoms with E-state index in [0.717, 1.165) is 31.2 Å². The van der Waals surface area contributed by atoms with Crippen molar-refractivity contribution in [3.8, 4) is 11.3 Å². The highest BCUT2D eigenvalue weighted by atomic mass is 32.2. The maximum atomic E-state index is 12.8. The molecule has 2 heterocycles. The summed E-state index contributed by atoms with van der Waals surface area (Å²) >= 11 is 6.78. The van der Waals surface area contributed by atoms with Gasteiger partial charge < -0.3 is 9.52 Å². The number of carboxylic acids is 1.